The Hall–Kier alpha value is -2.92. The summed E-state index contributed by atoms with van der Waals surface area (Å²) in [6.45, 7) is 4.54. The predicted molar refractivity (Wildman–Crippen MR) is 121 cm³/mol. The number of carbonyl (C=O) groups is 2. The number of hydrogen-bond donors (Lipinski definition) is 1. The van der Waals surface area contributed by atoms with E-state index in [0.717, 1.165) is 55.8 Å². The van der Waals surface area contributed by atoms with Crippen molar-refractivity contribution in [2.24, 2.45) is 0 Å². The largest absolute Gasteiger partial charge is 0.326 e. The van der Waals surface area contributed by atoms with Crippen molar-refractivity contribution in [1.29, 1.82) is 0 Å². The molecule has 2 aliphatic rings. The first-order chi connectivity index (χ1) is 14.6. The minimum absolute atomic E-state index is 0.0624. The highest BCUT2D eigenvalue weighted by Gasteiger charge is 2.28. The van der Waals surface area contributed by atoms with E-state index in [9.17, 15) is 9.59 Å². The van der Waals surface area contributed by atoms with Gasteiger partial charge >= 0.3 is 0 Å². The third-order valence-corrected chi connectivity index (χ3v) is 6.00. The van der Waals surface area contributed by atoms with Crippen molar-refractivity contribution in [3.8, 4) is 0 Å². The summed E-state index contributed by atoms with van der Waals surface area (Å²) >= 11 is 0. The second-order valence-corrected chi connectivity index (χ2v) is 8.12. The Bertz CT molecular complexity index is 931. The summed E-state index contributed by atoms with van der Waals surface area (Å²) < 4.78 is 0. The molecule has 0 bridgehead atoms. The fourth-order valence-corrected chi connectivity index (χ4v) is 4.43. The highest BCUT2D eigenvalue weighted by molar-refractivity contribution is 5.96. The average Bonchev–Trinajstić information content (AvgIpc) is 2.75. The summed E-state index contributed by atoms with van der Waals surface area (Å²) in [5.74, 6) is 0.143. The van der Waals surface area contributed by atoms with E-state index in [4.69, 9.17) is 0 Å². The summed E-state index contributed by atoms with van der Waals surface area (Å²) in [5.41, 5.74) is 4.15. The quantitative estimate of drug-likeness (QED) is 0.818. The van der Waals surface area contributed by atoms with Crippen LogP contribution in [0.25, 0.3) is 6.08 Å². The Morgan fingerprint density at radius 3 is 2.63 bits per heavy atom. The highest BCUT2D eigenvalue weighted by atomic mass is 16.2. The number of nitrogens with zero attached hydrogens (tertiary/aromatic N) is 2. The SMILES string of the molecule is CC(=O)N(c1ccc2c(c1)CCC(=O)N2)C1CCN(C/C=C/c2ccccc2)CC1. The van der Waals surface area contributed by atoms with E-state index in [0.29, 0.717) is 6.42 Å². The number of hydrogen-bond acceptors (Lipinski definition) is 3. The second-order valence-electron chi connectivity index (χ2n) is 8.12. The molecule has 0 saturated carbocycles. The smallest absolute Gasteiger partial charge is 0.224 e. The van der Waals surface area contributed by atoms with Gasteiger partial charge in [0.25, 0.3) is 0 Å². The molecule has 0 radical (unpaired) electrons. The van der Waals surface area contributed by atoms with Gasteiger partial charge in [-0.2, -0.15) is 0 Å². The van der Waals surface area contributed by atoms with E-state index in [1.165, 1.54) is 5.56 Å². The van der Waals surface area contributed by atoms with Gasteiger partial charge in [-0.3, -0.25) is 14.5 Å². The van der Waals surface area contributed by atoms with Crippen molar-refractivity contribution < 1.29 is 9.59 Å². The summed E-state index contributed by atoms with van der Waals surface area (Å²) in [6, 6.07) is 16.5. The second kappa shape index (κ2) is 9.26. The molecule has 0 unspecified atom stereocenters. The average molecular weight is 404 g/mol. The highest BCUT2D eigenvalue weighted by Crippen LogP contribution is 2.30. The third kappa shape index (κ3) is 4.79. The number of likely N-dealkylation sites (tertiary alicyclic amines) is 1. The molecule has 1 N–H and O–H groups in total. The van der Waals surface area contributed by atoms with Gasteiger partial charge in [-0.05, 0) is 48.6 Å². The molecule has 1 fully saturated rings. The Labute approximate surface area is 178 Å². The topological polar surface area (TPSA) is 52.7 Å². The van der Waals surface area contributed by atoms with Crippen molar-refractivity contribution in [3.63, 3.8) is 0 Å². The summed E-state index contributed by atoms with van der Waals surface area (Å²) in [4.78, 5) is 28.5. The molecule has 2 amide bonds. The molecule has 1 saturated heterocycles. The minimum Gasteiger partial charge on any atom is -0.326 e. The van der Waals surface area contributed by atoms with Crippen LogP contribution in [-0.4, -0.2) is 42.4 Å². The first kappa shape index (κ1) is 20.4. The molecule has 2 aromatic carbocycles. The molecule has 156 valence electrons. The maximum atomic E-state index is 12.5. The van der Waals surface area contributed by atoms with Crippen molar-refractivity contribution >= 4 is 29.3 Å². The van der Waals surface area contributed by atoms with Crippen LogP contribution in [0.3, 0.4) is 0 Å². The van der Waals surface area contributed by atoms with Gasteiger partial charge in [0.15, 0.2) is 0 Å². The lowest BCUT2D eigenvalue weighted by Gasteiger charge is -2.38. The first-order valence-corrected chi connectivity index (χ1v) is 10.8. The predicted octanol–water partition coefficient (Wildman–Crippen LogP) is 4.10. The van der Waals surface area contributed by atoms with Crippen molar-refractivity contribution in [2.45, 2.75) is 38.6 Å². The van der Waals surface area contributed by atoms with Crippen LogP contribution >= 0.6 is 0 Å². The van der Waals surface area contributed by atoms with E-state index >= 15 is 0 Å². The van der Waals surface area contributed by atoms with Gasteiger partial charge in [-0.15, -0.1) is 0 Å². The van der Waals surface area contributed by atoms with Crippen molar-refractivity contribution in [3.05, 3.63) is 65.7 Å². The number of aryl methyl sites for hydroxylation is 1. The molecule has 0 aliphatic carbocycles. The standard InChI is InChI=1S/C25H29N3O2/c1-19(29)28(23-10-11-24-21(18-23)9-12-25(30)26-24)22-13-16-27(17-14-22)15-5-8-20-6-3-2-4-7-20/h2-8,10-11,18,22H,9,12-17H2,1H3,(H,26,30)/b8-5+. The minimum atomic E-state index is 0.0624. The number of rotatable bonds is 5. The van der Waals surface area contributed by atoms with Crippen LogP contribution < -0.4 is 10.2 Å². The molecule has 5 heteroatoms. The van der Waals surface area contributed by atoms with Crippen LogP contribution in [-0.2, 0) is 16.0 Å². The Morgan fingerprint density at radius 2 is 1.90 bits per heavy atom. The van der Waals surface area contributed by atoms with Crippen molar-refractivity contribution in [2.75, 3.05) is 29.9 Å². The van der Waals surface area contributed by atoms with Gasteiger partial charge in [0.2, 0.25) is 11.8 Å². The summed E-state index contributed by atoms with van der Waals surface area (Å²) in [6.07, 6.45) is 7.55. The molecule has 4 rings (SSSR count). The zero-order valence-corrected chi connectivity index (χ0v) is 17.5. The number of fused-ring (bicyclic) bond motifs is 1. The van der Waals surface area contributed by atoms with Crippen LogP contribution in [0.1, 0.15) is 37.3 Å². The monoisotopic (exact) mass is 403 g/mol. The van der Waals surface area contributed by atoms with Gasteiger partial charge < -0.3 is 10.2 Å². The molecular formula is C25H29N3O2. The van der Waals surface area contributed by atoms with E-state index in [1.54, 1.807) is 6.92 Å². The number of amides is 2. The van der Waals surface area contributed by atoms with Gasteiger partial charge in [-0.25, -0.2) is 0 Å². The van der Waals surface area contributed by atoms with Gasteiger partial charge in [0.1, 0.15) is 0 Å². The Balaban J connectivity index is 1.38. The molecule has 2 aromatic rings. The molecule has 0 spiro atoms. The van der Waals surface area contributed by atoms with E-state index in [-0.39, 0.29) is 17.9 Å². The van der Waals surface area contributed by atoms with Crippen LogP contribution in [0.15, 0.2) is 54.6 Å². The normalized spacial score (nSPS) is 17.6. The summed E-state index contributed by atoms with van der Waals surface area (Å²) in [7, 11) is 0. The molecule has 30 heavy (non-hydrogen) atoms. The maximum Gasteiger partial charge on any atom is 0.224 e. The van der Waals surface area contributed by atoms with E-state index < -0.39 is 0 Å². The molecule has 2 heterocycles. The van der Waals surface area contributed by atoms with Crippen LogP contribution in [0.5, 0.6) is 0 Å². The molecular weight excluding hydrogens is 374 g/mol. The van der Waals surface area contributed by atoms with Crippen molar-refractivity contribution in [1.82, 2.24) is 4.90 Å². The lowest BCUT2D eigenvalue weighted by molar-refractivity contribution is -0.117. The first-order valence-electron chi connectivity index (χ1n) is 10.8. The fourth-order valence-electron chi connectivity index (χ4n) is 4.43. The number of carbonyl (C=O) groups excluding carboxylic acids is 2. The van der Waals surface area contributed by atoms with Crippen LogP contribution in [0.4, 0.5) is 11.4 Å². The maximum absolute atomic E-state index is 12.5. The molecule has 2 aliphatic heterocycles. The number of piperidine rings is 1. The number of nitrogens with one attached hydrogen (secondary N) is 1. The number of anilines is 2. The van der Waals surface area contributed by atoms with Crippen LogP contribution in [0.2, 0.25) is 0 Å². The van der Waals surface area contributed by atoms with E-state index in [2.05, 4.69) is 52.7 Å². The number of benzene rings is 2. The Kier molecular flexibility index (Phi) is 6.29. The van der Waals surface area contributed by atoms with E-state index in [1.807, 2.05) is 23.1 Å². The molecule has 0 aromatic heterocycles. The third-order valence-electron chi connectivity index (χ3n) is 6.00. The zero-order valence-electron chi connectivity index (χ0n) is 17.5. The lowest BCUT2D eigenvalue weighted by atomic mass is 9.99. The van der Waals surface area contributed by atoms with Gasteiger partial charge in [0, 0.05) is 50.4 Å². The fraction of sp³-hybridized carbons (Fsp3) is 0.360. The lowest BCUT2D eigenvalue weighted by Crippen LogP contribution is -2.47. The van der Waals surface area contributed by atoms with Crippen LogP contribution in [0, 0.1) is 0 Å². The van der Waals surface area contributed by atoms with Gasteiger partial charge in [0.05, 0.1) is 0 Å². The Morgan fingerprint density at radius 1 is 1.13 bits per heavy atom. The molecule has 5 nitrogen and oxygen atoms in total. The van der Waals surface area contributed by atoms with Gasteiger partial charge in [-0.1, -0.05) is 42.5 Å². The molecule has 0 atom stereocenters. The zero-order chi connectivity index (χ0) is 20.9. The summed E-state index contributed by atoms with van der Waals surface area (Å²) in [5, 5.41) is 2.92.